The van der Waals surface area contributed by atoms with Crippen molar-refractivity contribution in [1.82, 2.24) is 4.90 Å². The number of fused-ring (bicyclic) bond motifs is 1. The average molecular weight is 318 g/mol. The lowest BCUT2D eigenvalue weighted by Gasteiger charge is -2.24. The summed E-state index contributed by atoms with van der Waals surface area (Å²) in [5.74, 6) is 0.777. The monoisotopic (exact) mass is 318 g/mol. The van der Waals surface area contributed by atoms with Crippen LogP contribution in [-0.2, 0) is 4.79 Å². The van der Waals surface area contributed by atoms with Gasteiger partial charge in [0.05, 0.1) is 10.9 Å². The molecule has 2 amide bonds. The number of rotatable bonds is 1. The zero-order chi connectivity index (χ0) is 15.7. The van der Waals surface area contributed by atoms with E-state index in [1.807, 2.05) is 30.0 Å². The molecule has 0 bridgehead atoms. The second-order valence-electron chi connectivity index (χ2n) is 6.29. The van der Waals surface area contributed by atoms with E-state index in [1.54, 1.807) is 11.8 Å². The van der Waals surface area contributed by atoms with Gasteiger partial charge < -0.3 is 10.2 Å². The Kier molecular flexibility index (Phi) is 4.43. The first kappa shape index (κ1) is 15.4. The summed E-state index contributed by atoms with van der Waals surface area (Å²) in [6.07, 6.45) is 3.33. The molecule has 0 aliphatic carbocycles. The zero-order valence-corrected chi connectivity index (χ0v) is 13.9. The number of nitrogens with zero attached hydrogens (tertiary/aromatic N) is 1. The van der Waals surface area contributed by atoms with Gasteiger partial charge >= 0.3 is 0 Å². The minimum absolute atomic E-state index is 0.00527. The summed E-state index contributed by atoms with van der Waals surface area (Å²) in [4.78, 5) is 27.5. The van der Waals surface area contributed by atoms with E-state index in [9.17, 15) is 9.59 Å². The summed E-state index contributed by atoms with van der Waals surface area (Å²) in [6, 6.07) is 5.65. The first-order chi connectivity index (χ1) is 10.5. The number of carbonyl (C=O) groups excluding carboxylic acids is 2. The second-order valence-corrected chi connectivity index (χ2v) is 7.67. The number of hydrogen-bond acceptors (Lipinski definition) is 3. The highest BCUT2D eigenvalue weighted by Gasteiger charge is 2.25. The fourth-order valence-electron chi connectivity index (χ4n) is 2.99. The number of carbonyl (C=O) groups is 2. The Hall–Kier alpha value is -1.49. The van der Waals surface area contributed by atoms with Gasteiger partial charge in [-0.25, -0.2) is 0 Å². The summed E-state index contributed by atoms with van der Waals surface area (Å²) >= 11 is 1.54. The third-order valence-corrected chi connectivity index (χ3v) is 5.64. The van der Waals surface area contributed by atoms with E-state index in [0.717, 1.165) is 36.5 Å². The van der Waals surface area contributed by atoms with E-state index in [2.05, 4.69) is 12.2 Å². The zero-order valence-electron chi connectivity index (χ0n) is 13.1. The maximum atomic E-state index is 12.7. The Morgan fingerprint density at radius 1 is 1.27 bits per heavy atom. The minimum Gasteiger partial charge on any atom is -0.339 e. The lowest BCUT2D eigenvalue weighted by molar-refractivity contribution is -0.115. The molecule has 0 aromatic heterocycles. The Balaban J connectivity index is 1.79. The maximum absolute atomic E-state index is 12.7. The van der Waals surface area contributed by atoms with Crippen LogP contribution in [0.25, 0.3) is 0 Å². The average Bonchev–Trinajstić information content (AvgIpc) is 2.72. The Labute approximate surface area is 135 Å². The summed E-state index contributed by atoms with van der Waals surface area (Å²) < 4.78 is 0. The van der Waals surface area contributed by atoms with Gasteiger partial charge in [0, 0.05) is 23.5 Å². The van der Waals surface area contributed by atoms with Crippen molar-refractivity contribution in [2.45, 2.75) is 43.3 Å². The van der Waals surface area contributed by atoms with Gasteiger partial charge in [0.25, 0.3) is 5.91 Å². The Morgan fingerprint density at radius 2 is 2.09 bits per heavy atom. The molecule has 2 unspecified atom stereocenters. The number of benzene rings is 1. The van der Waals surface area contributed by atoms with Gasteiger partial charge in [-0.15, -0.1) is 11.8 Å². The molecular formula is C17H22N2O2S. The molecule has 5 heteroatoms. The van der Waals surface area contributed by atoms with E-state index in [1.165, 1.54) is 6.42 Å². The van der Waals surface area contributed by atoms with Crippen molar-refractivity contribution in [2.75, 3.05) is 18.4 Å². The van der Waals surface area contributed by atoms with Crippen molar-refractivity contribution in [3.63, 3.8) is 0 Å². The van der Waals surface area contributed by atoms with Gasteiger partial charge in [0.15, 0.2) is 0 Å². The van der Waals surface area contributed by atoms with Gasteiger partial charge in [-0.1, -0.05) is 6.92 Å². The van der Waals surface area contributed by atoms with Crippen LogP contribution in [0.5, 0.6) is 0 Å². The highest BCUT2D eigenvalue weighted by atomic mass is 32.2. The van der Waals surface area contributed by atoms with Crippen molar-refractivity contribution in [3.8, 4) is 0 Å². The van der Waals surface area contributed by atoms with Crippen LogP contribution < -0.4 is 5.32 Å². The topological polar surface area (TPSA) is 49.4 Å². The predicted octanol–water partition coefficient (Wildman–Crippen LogP) is 3.38. The molecule has 1 saturated heterocycles. The molecule has 1 aromatic rings. The molecular weight excluding hydrogens is 296 g/mol. The fraction of sp³-hybridized carbons (Fsp3) is 0.529. The quantitative estimate of drug-likeness (QED) is 0.863. The van der Waals surface area contributed by atoms with E-state index < -0.39 is 0 Å². The van der Waals surface area contributed by atoms with Crippen LogP contribution >= 0.6 is 11.8 Å². The van der Waals surface area contributed by atoms with Crippen LogP contribution in [0.15, 0.2) is 23.1 Å². The Bertz CT molecular complexity index is 602. The standard InChI is InChI=1S/C17H22N2O2S/c1-11-4-3-8-19(9-7-11)17(21)13-5-6-15-14(10-13)18-16(20)12(2)22-15/h5-6,10-12H,3-4,7-9H2,1-2H3,(H,18,20). The van der Waals surface area contributed by atoms with E-state index in [-0.39, 0.29) is 17.1 Å². The van der Waals surface area contributed by atoms with Crippen LogP contribution in [0.3, 0.4) is 0 Å². The second kappa shape index (κ2) is 6.32. The number of amides is 2. The van der Waals surface area contributed by atoms with Gasteiger partial charge in [0.1, 0.15) is 0 Å². The molecule has 22 heavy (non-hydrogen) atoms. The molecule has 4 nitrogen and oxygen atoms in total. The van der Waals surface area contributed by atoms with E-state index in [4.69, 9.17) is 0 Å². The molecule has 2 aliphatic rings. The molecule has 2 heterocycles. The third-order valence-electron chi connectivity index (χ3n) is 4.46. The number of likely N-dealkylation sites (tertiary alicyclic amines) is 1. The van der Waals surface area contributed by atoms with Crippen molar-refractivity contribution in [1.29, 1.82) is 0 Å². The molecule has 2 aliphatic heterocycles. The van der Waals surface area contributed by atoms with Crippen molar-refractivity contribution < 1.29 is 9.59 Å². The number of nitrogens with one attached hydrogen (secondary N) is 1. The molecule has 1 fully saturated rings. The molecule has 0 spiro atoms. The minimum atomic E-state index is -0.0823. The SMILES string of the molecule is CC1CCCN(C(=O)c2ccc3c(c2)NC(=O)C(C)S3)CC1. The van der Waals surface area contributed by atoms with Crippen molar-refractivity contribution >= 4 is 29.3 Å². The highest BCUT2D eigenvalue weighted by molar-refractivity contribution is 8.00. The molecule has 0 saturated carbocycles. The summed E-state index contributed by atoms with van der Waals surface area (Å²) in [5.41, 5.74) is 1.44. The highest BCUT2D eigenvalue weighted by Crippen LogP contribution is 2.36. The first-order valence-electron chi connectivity index (χ1n) is 7.95. The van der Waals surface area contributed by atoms with Gasteiger partial charge in [-0.05, 0) is 50.3 Å². The summed E-state index contributed by atoms with van der Waals surface area (Å²) in [6.45, 7) is 5.80. The molecule has 1 N–H and O–H groups in total. The van der Waals surface area contributed by atoms with Gasteiger partial charge in [-0.3, -0.25) is 9.59 Å². The third kappa shape index (κ3) is 3.14. The number of hydrogen-bond donors (Lipinski definition) is 1. The largest absolute Gasteiger partial charge is 0.339 e. The smallest absolute Gasteiger partial charge is 0.253 e. The maximum Gasteiger partial charge on any atom is 0.253 e. The lowest BCUT2D eigenvalue weighted by atomic mass is 10.0. The summed E-state index contributed by atoms with van der Waals surface area (Å²) in [5, 5.41) is 2.81. The predicted molar refractivity (Wildman–Crippen MR) is 89.3 cm³/mol. The normalized spacial score (nSPS) is 25.2. The van der Waals surface area contributed by atoms with Gasteiger partial charge in [0.2, 0.25) is 5.91 Å². The first-order valence-corrected chi connectivity index (χ1v) is 8.83. The lowest BCUT2D eigenvalue weighted by Crippen LogP contribution is -2.32. The van der Waals surface area contributed by atoms with Gasteiger partial charge in [-0.2, -0.15) is 0 Å². The van der Waals surface area contributed by atoms with Crippen molar-refractivity contribution in [2.24, 2.45) is 5.92 Å². The fourth-order valence-corrected chi connectivity index (χ4v) is 3.92. The van der Waals surface area contributed by atoms with Crippen LogP contribution in [0, 0.1) is 5.92 Å². The van der Waals surface area contributed by atoms with Crippen molar-refractivity contribution in [3.05, 3.63) is 23.8 Å². The number of anilines is 1. The molecule has 2 atom stereocenters. The molecule has 1 aromatic carbocycles. The molecule has 3 rings (SSSR count). The number of thioether (sulfide) groups is 1. The Morgan fingerprint density at radius 3 is 2.91 bits per heavy atom. The van der Waals surface area contributed by atoms with Crippen LogP contribution in [-0.4, -0.2) is 35.1 Å². The molecule has 118 valence electrons. The summed E-state index contributed by atoms with van der Waals surface area (Å²) in [7, 11) is 0. The van der Waals surface area contributed by atoms with E-state index in [0.29, 0.717) is 11.5 Å². The van der Waals surface area contributed by atoms with E-state index >= 15 is 0 Å². The molecule has 0 radical (unpaired) electrons. The van der Waals surface area contributed by atoms with Crippen LogP contribution in [0.4, 0.5) is 5.69 Å². The van der Waals surface area contributed by atoms with Crippen LogP contribution in [0.2, 0.25) is 0 Å². The van der Waals surface area contributed by atoms with Crippen LogP contribution in [0.1, 0.15) is 43.5 Å².